The molecule has 1 aliphatic rings. The second kappa shape index (κ2) is 6.83. The molecule has 0 aliphatic carbocycles. The van der Waals surface area contributed by atoms with E-state index in [9.17, 15) is 16.8 Å². The molecule has 0 amide bonds. The van der Waals surface area contributed by atoms with Crippen LogP contribution in [0.3, 0.4) is 0 Å². The van der Waals surface area contributed by atoms with Crippen LogP contribution in [0.2, 0.25) is 0 Å². The number of sulfonamides is 1. The van der Waals surface area contributed by atoms with Gasteiger partial charge in [0.2, 0.25) is 10.0 Å². The van der Waals surface area contributed by atoms with Crippen LogP contribution in [-0.2, 0) is 19.9 Å². The lowest BCUT2D eigenvalue weighted by molar-refractivity contribution is 0.560. The average Bonchev–Trinajstić information content (AvgIpc) is 2.65. The lowest BCUT2D eigenvalue weighted by atomic mass is 10.2. The molecule has 0 aromatic rings. The molecule has 1 rings (SSSR count). The Morgan fingerprint density at radius 3 is 2.39 bits per heavy atom. The predicted octanol–water partition coefficient (Wildman–Crippen LogP) is -0.388. The molecule has 0 spiro atoms. The predicted molar refractivity (Wildman–Crippen MR) is 71.5 cm³/mol. The number of sulfone groups is 1. The van der Waals surface area contributed by atoms with E-state index in [0.29, 0.717) is 13.1 Å². The number of nitrogens with one attached hydrogen (secondary N) is 1. The molecular weight excluding hydrogens is 276 g/mol. The summed E-state index contributed by atoms with van der Waals surface area (Å²) >= 11 is 0. The summed E-state index contributed by atoms with van der Waals surface area (Å²) in [4.78, 5) is 0. The Labute approximate surface area is 109 Å². The van der Waals surface area contributed by atoms with E-state index in [0.717, 1.165) is 25.7 Å². The lowest BCUT2D eigenvalue weighted by Crippen LogP contribution is -2.35. The van der Waals surface area contributed by atoms with Crippen LogP contribution in [0.25, 0.3) is 0 Å². The van der Waals surface area contributed by atoms with Crippen LogP contribution < -0.4 is 10.5 Å². The standard InChI is InChI=1S/C10H22N2O4S2/c11-6-3-1-2-4-7-12-18(15,16)10-5-8-17(13,14)9-10/h10,12H,1-9,11H2. The molecule has 1 fully saturated rings. The van der Waals surface area contributed by atoms with Crippen molar-refractivity contribution in [2.24, 2.45) is 5.73 Å². The van der Waals surface area contributed by atoms with E-state index in [1.54, 1.807) is 0 Å². The Morgan fingerprint density at radius 2 is 1.83 bits per heavy atom. The molecule has 6 nitrogen and oxygen atoms in total. The van der Waals surface area contributed by atoms with Gasteiger partial charge in [0.15, 0.2) is 9.84 Å². The lowest BCUT2D eigenvalue weighted by Gasteiger charge is -2.11. The fourth-order valence-electron chi connectivity index (χ4n) is 1.96. The van der Waals surface area contributed by atoms with Crippen molar-refractivity contribution in [2.45, 2.75) is 37.4 Å². The van der Waals surface area contributed by atoms with Crippen molar-refractivity contribution < 1.29 is 16.8 Å². The fraction of sp³-hybridized carbons (Fsp3) is 1.00. The smallest absolute Gasteiger partial charge is 0.215 e. The molecule has 0 bridgehead atoms. The number of unbranched alkanes of at least 4 members (excludes halogenated alkanes) is 3. The number of nitrogens with two attached hydrogens (primary N) is 1. The molecule has 1 saturated heterocycles. The van der Waals surface area contributed by atoms with Gasteiger partial charge in [0.05, 0.1) is 16.8 Å². The van der Waals surface area contributed by atoms with Gasteiger partial charge in [-0.05, 0) is 25.8 Å². The third kappa shape index (κ3) is 5.21. The Kier molecular flexibility index (Phi) is 6.03. The largest absolute Gasteiger partial charge is 0.330 e. The summed E-state index contributed by atoms with van der Waals surface area (Å²) in [6, 6.07) is 0. The Morgan fingerprint density at radius 1 is 1.17 bits per heavy atom. The van der Waals surface area contributed by atoms with Gasteiger partial charge in [-0.2, -0.15) is 0 Å². The van der Waals surface area contributed by atoms with Gasteiger partial charge >= 0.3 is 0 Å². The van der Waals surface area contributed by atoms with E-state index in [4.69, 9.17) is 5.73 Å². The van der Waals surface area contributed by atoms with Crippen molar-refractivity contribution in [1.29, 1.82) is 0 Å². The second-order valence-electron chi connectivity index (χ2n) is 4.67. The van der Waals surface area contributed by atoms with E-state index < -0.39 is 25.1 Å². The summed E-state index contributed by atoms with van der Waals surface area (Å²) in [7, 11) is -6.63. The van der Waals surface area contributed by atoms with E-state index in [-0.39, 0.29) is 17.9 Å². The monoisotopic (exact) mass is 298 g/mol. The topological polar surface area (TPSA) is 106 Å². The zero-order valence-corrected chi connectivity index (χ0v) is 12.1. The molecule has 3 N–H and O–H groups in total. The van der Waals surface area contributed by atoms with Crippen molar-refractivity contribution >= 4 is 19.9 Å². The summed E-state index contributed by atoms with van der Waals surface area (Å²) < 4.78 is 48.6. The maximum Gasteiger partial charge on any atom is 0.215 e. The maximum atomic E-state index is 11.8. The summed E-state index contributed by atoms with van der Waals surface area (Å²) in [6.07, 6.45) is 3.86. The molecule has 18 heavy (non-hydrogen) atoms. The van der Waals surface area contributed by atoms with Gasteiger partial charge < -0.3 is 5.73 Å². The Bertz CT molecular complexity index is 444. The molecule has 0 saturated carbocycles. The van der Waals surface area contributed by atoms with Crippen LogP contribution in [0.4, 0.5) is 0 Å². The Hall–Kier alpha value is -0.180. The normalized spacial score (nSPS) is 23.3. The first-order valence-electron chi connectivity index (χ1n) is 6.26. The molecule has 0 aromatic carbocycles. The van der Waals surface area contributed by atoms with Gasteiger partial charge in [0, 0.05) is 6.54 Å². The van der Waals surface area contributed by atoms with Crippen molar-refractivity contribution in [3.05, 3.63) is 0 Å². The van der Waals surface area contributed by atoms with Gasteiger partial charge in [-0.3, -0.25) is 0 Å². The molecule has 1 aliphatic heterocycles. The van der Waals surface area contributed by atoms with Gasteiger partial charge in [0.1, 0.15) is 0 Å². The minimum Gasteiger partial charge on any atom is -0.330 e. The quantitative estimate of drug-likeness (QED) is 0.594. The summed E-state index contributed by atoms with van der Waals surface area (Å²) in [5.41, 5.74) is 5.35. The number of hydrogen-bond acceptors (Lipinski definition) is 5. The molecule has 8 heteroatoms. The van der Waals surface area contributed by atoms with Crippen molar-refractivity contribution in [3.63, 3.8) is 0 Å². The fourth-order valence-corrected chi connectivity index (χ4v) is 6.08. The van der Waals surface area contributed by atoms with E-state index in [1.165, 1.54) is 0 Å². The third-order valence-electron chi connectivity index (χ3n) is 3.06. The molecule has 0 radical (unpaired) electrons. The van der Waals surface area contributed by atoms with Crippen LogP contribution in [-0.4, -0.2) is 46.7 Å². The van der Waals surface area contributed by atoms with Crippen LogP contribution in [0.5, 0.6) is 0 Å². The highest BCUT2D eigenvalue weighted by atomic mass is 32.2. The van der Waals surface area contributed by atoms with Crippen LogP contribution in [0.1, 0.15) is 32.1 Å². The average molecular weight is 298 g/mol. The number of hydrogen-bond donors (Lipinski definition) is 2. The highest BCUT2D eigenvalue weighted by Crippen LogP contribution is 2.18. The molecule has 108 valence electrons. The van der Waals surface area contributed by atoms with Crippen LogP contribution >= 0.6 is 0 Å². The number of rotatable bonds is 8. The maximum absolute atomic E-state index is 11.8. The van der Waals surface area contributed by atoms with Gasteiger partial charge in [-0.25, -0.2) is 21.6 Å². The molecule has 1 atom stereocenters. The van der Waals surface area contributed by atoms with E-state index >= 15 is 0 Å². The third-order valence-corrected chi connectivity index (χ3v) is 6.93. The Balaban J connectivity index is 2.28. The first-order valence-corrected chi connectivity index (χ1v) is 9.63. The first-order chi connectivity index (χ1) is 8.37. The van der Waals surface area contributed by atoms with E-state index in [1.807, 2.05) is 0 Å². The molecule has 1 unspecified atom stereocenters. The minimum absolute atomic E-state index is 0.0188. The van der Waals surface area contributed by atoms with Gasteiger partial charge in [0.25, 0.3) is 0 Å². The van der Waals surface area contributed by atoms with Gasteiger partial charge in [-0.15, -0.1) is 0 Å². The summed E-state index contributed by atoms with van der Waals surface area (Å²) in [5.74, 6) is -0.259. The highest BCUT2D eigenvalue weighted by molar-refractivity contribution is 7.95. The zero-order chi connectivity index (χ0) is 13.6. The summed E-state index contributed by atoms with van der Waals surface area (Å²) in [5, 5.41) is -0.772. The first kappa shape index (κ1) is 15.9. The minimum atomic E-state index is -3.48. The zero-order valence-electron chi connectivity index (χ0n) is 10.5. The SMILES string of the molecule is NCCCCCCNS(=O)(=O)C1CCS(=O)(=O)C1. The van der Waals surface area contributed by atoms with Crippen LogP contribution in [0, 0.1) is 0 Å². The highest BCUT2D eigenvalue weighted by Gasteiger charge is 2.36. The van der Waals surface area contributed by atoms with E-state index in [2.05, 4.69) is 4.72 Å². The van der Waals surface area contributed by atoms with Crippen molar-refractivity contribution in [3.8, 4) is 0 Å². The molecular formula is C10H22N2O4S2. The second-order valence-corrected chi connectivity index (χ2v) is 8.94. The molecule has 0 aromatic heterocycles. The van der Waals surface area contributed by atoms with Crippen LogP contribution in [0.15, 0.2) is 0 Å². The van der Waals surface area contributed by atoms with Gasteiger partial charge in [-0.1, -0.05) is 12.8 Å². The summed E-state index contributed by atoms with van der Waals surface area (Å²) in [6.45, 7) is 1.04. The van der Waals surface area contributed by atoms with Crippen molar-refractivity contribution in [1.82, 2.24) is 4.72 Å². The molecule has 1 heterocycles. The van der Waals surface area contributed by atoms with Crippen molar-refractivity contribution in [2.75, 3.05) is 24.6 Å².